The van der Waals surface area contributed by atoms with E-state index >= 15 is 0 Å². The average molecular weight is 451 g/mol. The summed E-state index contributed by atoms with van der Waals surface area (Å²) in [5, 5.41) is 10.5. The van der Waals surface area contributed by atoms with Gasteiger partial charge in [-0.3, -0.25) is 9.36 Å². The minimum Gasteiger partial charge on any atom is -0.497 e. The number of aryl methyl sites for hydroxylation is 2. The molecule has 0 bridgehead atoms. The van der Waals surface area contributed by atoms with Crippen LogP contribution in [0.2, 0.25) is 0 Å². The summed E-state index contributed by atoms with van der Waals surface area (Å²) in [5.74, 6) is 1.56. The van der Waals surface area contributed by atoms with E-state index in [4.69, 9.17) is 9.47 Å². The number of hydrogen-bond acceptors (Lipinski definition) is 6. The van der Waals surface area contributed by atoms with Gasteiger partial charge in [0, 0.05) is 4.88 Å². The maximum Gasteiger partial charge on any atom is 0.271 e. The van der Waals surface area contributed by atoms with Gasteiger partial charge in [-0.2, -0.15) is 0 Å². The number of fused-ring (bicyclic) bond motifs is 1. The highest BCUT2D eigenvalue weighted by atomic mass is 32.1. The molecule has 32 heavy (non-hydrogen) atoms. The van der Waals surface area contributed by atoms with Gasteiger partial charge in [0.25, 0.3) is 5.56 Å². The molecule has 4 rings (SSSR count). The van der Waals surface area contributed by atoms with E-state index in [9.17, 15) is 9.90 Å². The van der Waals surface area contributed by atoms with E-state index in [1.165, 1.54) is 22.2 Å². The van der Waals surface area contributed by atoms with Crippen molar-refractivity contribution in [3.05, 3.63) is 75.8 Å². The van der Waals surface area contributed by atoms with Crippen molar-refractivity contribution >= 4 is 21.6 Å². The van der Waals surface area contributed by atoms with Gasteiger partial charge < -0.3 is 14.6 Å². The summed E-state index contributed by atoms with van der Waals surface area (Å²) in [4.78, 5) is 18.4. The summed E-state index contributed by atoms with van der Waals surface area (Å²) in [5.41, 5.74) is 4.70. The highest BCUT2D eigenvalue weighted by Gasteiger charge is 2.15. The maximum atomic E-state index is 13.0. The first-order valence-corrected chi connectivity index (χ1v) is 11.2. The Balaban J connectivity index is 1.51. The number of benzene rings is 2. The second-order valence-electron chi connectivity index (χ2n) is 7.87. The van der Waals surface area contributed by atoms with Crippen LogP contribution in [-0.2, 0) is 6.54 Å². The minimum absolute atomic E-state index is 0.0944. The Morgan fingerprint density at radius 3 is 2.53 bits per heavy atom. The Kier molecular flexibility index (Phi) is 6.30. The first kappa shape index (κ1) is 22.0. The van der Waals surface area contributed by atoms with Crippen LogP contribution in [-0.4, -0.2) is 34.5 Å². The van der Waals surface area contributed by atoms with Crippen LogP contribution < -0.4 is 15.0 Å². The zero-order chi connectivity index (χ0) is 22.8. The van der Waals surface area contributed by atoms with Crippen molar-refractivity contribution < 1.29 is 14.6 Å². The lowest BCUT2D eigenvalue weighted by atomic mass is 10.1. The minimum atomic E-state index is -0.840. The third-order valence-electron chi connectivity index (χ3n) is 5.58. The van der Waals surface area contributed by atoms with E-state index < -0.39 is 6.10 Å². The van der Waals surface area contributed by atoms with E-state index in [0.29, 0.717) is 10.2 Å². The second-order valence-corrected chi connectivity index (χ2v) is 8.93. The van der Waals surface area contributed by atoms with Gasteiger partial charge in [-0.25, -0.2) is 4.98 Å². The molecule has 2 aromatic heterocycles. The maximum absolute atomic E-state index is 13.0. The summed E-state index contributed by atoms with van der Waals surface area (Å²) in [6.45, 7) is 6.22. The summed E-state index contributed by atoms with van der Waals surface area (Å²) < 4.78 is 13.1. The number of aliphatic hydroxyl groups excluding tert-OH is 1. The normalized spacial score (nSPS) is 12.2. The summed E-state index contributed by atoms with van der Waals surface area (Å²) in [6.07, 6.45) is 0.647. The van der Waals surface area contributed by atoms with Crippen molar-refractivity contribution in [1.29, 1.82) is 0 Å². The fourth-order valence-corrected chi connectivity index (χ4v) is 4.64. The van der Waals surface area contributed by atoms with Crippen LogP contribution in [0.3, 0.4) is 0 Å². The molecule has 166 valence electrons. The number of ether oxygens (including phenoxy) is 2. The molecule has 0 saturated carbocycles. The van der Waals surface area contributed by atoms with Gasteiger partial charge in [-0.1, -0.05) is 12.1 Å². The Bertz CT molecular complexity index is 1310. The summed E-state index contributed by atoms with van der Waals surface area (Å²) in [6, 6.07) is 13.7. The molecule has 0 amide bonds. The van der Waals surface area contributed by atoms with Crippen LogP contribution in [0.25, 0.3) is 20.7 Å². The first-order chi connectivity index (χ1) is 15.4. The molecule has 4 aromatic rings. The highest BCUT2D eigenvalue weighted by Crippen LogP contribution is 2.31. The number of aliphatic hydroxyl groups is 1. The fraction of sp³-hybridized carbons (Fsp3) is 0.280. The molecule has 0 saturated heterocycles. The standard InChI is InChI=1S/C25H26N2O4S/c1-15-5-6-16(2)23(17(15)3)31-13-19(28)12-27-14-26-21-11-22(32-24(21)25(27)29)18-7-9-20(30-4)10-8-18/h5-11,14,19,28H,12-13H2,1-4H3. The topological polar surface area (TPSA) is 73.6 Å². The molecule has 0 fully saturated rings. The third kappa shape index (κ3) is 4.40. The van der Waals surface area contributed by atoms with Crippen molar-refractivity contribution in [3.63, 3.8) is 0 Å². The van der Waals surface area contributed by atoms with Gasteiger partial charge in [-0.05, 0) is 73.4 Å². The Morgan fingerprint density at radius 2 is 1.81 bits per heavy atom. The van der Waals surface area contributed by atoms with Crippen molar-refractivity contribution in [1.82, 2.24) is 9.55 Å². The molecule has 0 aliphatic carbocycles. The molecule has 0 aliphatic rings. The number of rotatable bonds is 7. The third-order valence-corrected chi connectivity index (χ3v) is 6.74. The van der Waals surface area contributed by atoms with Crippen LogP contribution in [0.15, 0.2) is 53.6 Å². The largest absolute Gasteiger partial charge is 0.497 e. The van der Waals surface area contributed by atoms with E-state index in [0.717, 1.165) is 38.6 Å². The van der Waals surface area contributed by atoms with Crippen molar-refractivity contribution in [2.24, 2.45) is 0 Å². The van der Waals surface area contributed by atoms with Crippen LogP contribution >= 0.6 is 11.3 Å². The zero-order valence-electron chi connectivity index (χ0n) is 18.6. The van der Waals surface area contributed by atoms with Crippen LogP contribution in [0.1, 0.15) is 16.7 Å². The predicted octanol–water partition coefficient (Wildman–Crippen LogP) is 4.50. The van der Waals surface area contributed by atoms with Crippen molar-refractivity contribution in [3.8, 4) is 21.9 Å². The lowest BCUT2D eigenvalue weighted by molar-refractivity contribution is 0.0908. The van der Waals surface area contributed by atoms with Crippen LogP contribution in [0.5, 0.6) is 11.5 Å². The number of thiophene rings is 1. The molecule has 2 aromatic carbocycles. The number of nitrogens with zero attached hydrogens (tertiary/aromatic N) is 2. The van der Waals surface area contributed by atoms with E-state index in [2.05, 4.69) is 11.1 Å². The molecule has 2 heterocycles. The molecule has 0 aliphatic heterocycles. The Morgan fingerprint density at radius 1 is 1.09 bits per heavy atom. The van der Waals surface area contributed by atoms with E-state index in [-0.39, 0.29) is 18.7 Å². The molecule has 1 N–H and O–H groups in total. The van der Waals surface area contributed by atoms with Crippen LogP contribution in [0.4, 0.5) is 0 Å². The number of hydrogen-bond donors (Lipinski definition) is 1. The van der Waals surface area contributed by atoms with Gasteiger partial charge in [0.15, 0.2) is 0 Å². The van der Waals surface area contributed by atoms with Gasteiger partial charge in [-0.15, -0.1) is 11.3 Å². The predicted molar refractivity (Wildman–Crippen MR) is 128 cm³/mol. The monoisotopic (exact) mass is 450 g/mol. The first-order valence-electron chi connectivity index (χ1n) is 10.4. The van der Waals surface area contributed by atoms with Gasteiger partial charge in [0.1, 0.15) is 28.9 Å². The lowest BCUT2D eigenvalue weighted by Crippen LogP contribution is -2.30. The van der Waals surface area contributed by atoms with Crippen molar-refractivity contribution in [2.45, 2.75) is 33.4 Å². The average Bonchev–Trinajstić information content (AvgIpc) is 3.23. The molecular weight excluding hydrogens is 424 g/mol. The SMILES string of the molecule is COc1ccc(-c2cc3ncn(CC(O)COc4c(C)ccc(C)c4C)c(=O)c3s2)cc1. The number of aromatic nitrogens is 2. The molecule has 7 heteroatoms. The molecular formula is C25H26N2O4S. The lowest BCUT2D eigenvalue weighted by Gasteiger charge is -2.17. The zero-order valence-corrected chi connectivity index (χ0v) is 19.4. The van der Waals surface area contributed by atoms with E-state index in [1.54, 1.807) is 7.11 Å². The molecule has 1 unspecified atom stereocenters. The van der Waals surface area contributed by atoms with Gasteiger partial charge in [0.2, 0.25) is 0 Å². The summed E-state index contributed by atoms with van der Waals surface area (Å²) in [7, 11) is 1.63. The smallest absolute Gasteiger partial charge is 0.271 e. The van der Waals surface area contributed by atoms with Crippen LogP contribution in [0, 0.1) is 20.8 Å². The molecule has 1 atom stereocenters. The molecule has 0 spiro atoms. The quantitative estimate of drug-likeness (QED) is 0.449. The van der Waals surface area contributed by atoms with Gasteiger partial charge in [0.05, 0.1) is 25.5 Å². The fourth-order valence-electron chi connectivity index (χ4n) is 3.58. The molecule has 6 nitrogen and oxygen atoms in total. The Labute approximate surface area is 190 Å². The number of methoxy groups -OCH3 is 1. The van der Waals surface area contributed by atoms with Crippen molar-refractivity contribution in [2.75, 3.05) is 13.7 Å². The highest BCUT2D eigenvalue weighted by molar-refractivity contribution is 7.22. The molecule has 0 radical (unpaired) electrons. The summed E-state index contributed by atoms with van der Waals surface area (Å²) >= 11 is 1.40. The van der Waals surface area contributed by atoms with E-state index in [1.807, 2.05) is 57.2 Å². The second kappa shape index (κ2) is 9.14. The Hall–Kier alpha value is -3.16. The van der Waals surface area contributed by atoms with Gasteiger partial charge >= 0.3 is 0 Å².